The third-order valence-corrected chi connectivity index (χ3v) is 7.60. The molecule has 2 heterocycles. The van der Waals surface area contributed by atoms with Gasteiger partial charge in [-0.15, -0.1) is 0 Å². The van der Waals surface area contributed by atoms with Crippen LogP contribution >= 0.6 is 11.8 Å². The number of ether oxygens (including phenoxy) is 1. The van der Waals surface area contributed by atoms with E-state index in [2.05, 4.69) is 0 Å². The second-order valence-electron chi connectivity index (χ2n) is 5.54. The van der Waals surface area contributed by atoms with E-state index in [1.165, 1.54) is 0 Å². The van der Waals surface area contributed by atoms with Crippen molar-refractivity contribution in [2.45, 2.75) is 25.1 Å². The highest BCUT2D eigenvalue weighted by Gasteiger charge is 2.40. The van der Waals surface area contributed by atoms with Gasteiger partial charge in [0, 0.05) is 49.0 Å². The number of nitrogens with zero attached hydrogens (tertiary/aromatic N) is 1. The van der Waals surface area contributed by atoms with E-state index < -0.39 is 20.6 Å². The second kappa shape index (κ2) is 6.77. The van der Waals surface area contributed by atoms with Crippen molar-refractivity contribution in [1.29, 1.82) is 0 Å². The van der Waals surface area contributed by atoms with Crippen LogP contribution in [0.25, 0.3) is 0 Å². The van der Waals surface area contributed by atoms with Crippen LogP contribution in [0.1, 0.15) is 19.8 Å². The molecule has 2 fully saturated rings. The van der Waals surface area contributed by atoms with E-state index in [4.69, 9.17) is 4.74 Å². The quantitative estimate of drug-likeness (QED) is 0.698. The number of hydrogen-bond donors (Lipinski definition) is 0. The van der Waals surface area contributed by atoms with Crippen molar-refractivity contribution < 1.29 is 17.9 Å². The van der Waals surface area contributed by atoms with Gasteiger partial charge in [0.25, 0.3) is 0 Å². The monoisotopic (exact) mass is 321 g/mol. The molecule has 2 rings (SSSR count). The summed E-state index contributed by atoms with van der Waals surface area (Å²) in [5, 5.41) is -0.439. The predicted molar refractivity (Wildman–Crippen MR) is 80.7 cm³/mol. The molecular formula is C13H23NO4S2. The van der Waals surface area contributed by atoms with Crippen LogP contribution in [0.2, 0.25) is 0 Å². The number of thioether (sulfide) groups is 1. The smallest absolute Gasteiger partial charge is 0.166 e. The minimum Gasteiger partial charge on any atom is -0.381 e. The molecule has 2 saturated heterocycles. The van der Waals surface area contributed by atoms with E-state index in [0.717, 1.165) is 18.6 Å². The van der Waals surface area contributed by atoms with Crippen molar-refractivity contribution >= 4 is 27.9 Å². The van der Waals surface area contributed by atoms with Gasteiger partial charge in [-0.1, -0.05) is 6.92 Å². The molecule has 20 heavy (non-hydrogen) atoms. The Hall–Kier alpha value is -0.110. The summed E-state index contributed by atoms with van der Waals surface area (Å²) < 4.78 is 29.8. The summed E-state index contributed by atoms with van der Waals surface area (Å²) in [5.41, 5.74) is -0.429. The molecule has 0 amide bonds. The van der Waals surface area contributed by atoms with Crippen LogP contribution in [-0.4, -0.2) is 68.5 Å². The van der Waals surface area contributed by atoms with E-state index >= 15 is 0 Å². The molecule has 2 aliphatic heterocycles. The molecule has 0 aromatic rings. The van der Waals surface area contributed by atoms with Gasteiger partial charge < -0.3 is 9.53 Å². The molecule has 0 N–H and O–H groups in total. The Morgan fingerprint density at radius 2 is 2.10 bits per heavy atom. The van der Waals surface area contributed by atoms with Crippen molar-refractivity contribution in [2.75, 3.05) is 43.6 Å². The summed E-state index contributed by atoms with van der Waals surface area (Å²) >= 11 is 1.68. The molecule has 0 aliphatic carbocycles. The van der Waals surface area contributed by atoms with Gasteiger partial charge in [0.05, 0.1) is 0 Å². The average Bonchev–Trinajstić information content (AvgIpc) is 2.48. The molecule has 0 radical (unpaired) electrons. The van der Waals surface area contributed by atoms with E-state index in [1.54, 1.807) is 18.7 Å². The van der Waals surface area contributed by atoms with E-state index in [0.29, 0.717) is 38.4 Å². The molecular weight excluding hydrogens is 298 g/mol. The zero-order chi connectivity index (χ0) is 14.6. The number of hydrogen-bond acceptors (Lipinski definition) is 6. The van der Waals surface area contributed by atoms with E-state index in [1.807, 2.05) is 4.90 Å². The number of aldehydes is 1. The Bertz CT molecular complexity index is 432. The lowest BCUT2D eigenvalue weighted by atomic mass is 9.81. The third kappa shape index (κ3) is 3.55. The van der Waals surface area contributed by atoms with Gasteiger partial charge in [-0.25, -0.2) is 8.42 Å². The summed E-state index contributed by atoms with van der Waals surface area (Å²) in [6.45, 7) is 4.16. The fraction of sp³-hybridized carbons (Fsp3) is 0.923. The van der Waals surface area contributed by atoms with Gasteiger partial charge in [0.1, 0.15) is 11.7 Å². The molecule has 7 heteroatoms. The molecule has 1 unspecified atom stereocenters. The lowest BCUT2D eigenvalue weighted by Crippen LogP contribution is -2.53. The highest BCUT2D eigenvalue weighted by Crippen LogP contribution is 2.32. The number of carbonyl (C=O) groups is 1. The minimum atomic E-state index is -3.10. The van der Waals surface area contributed by atoms with Crippen LogP contribution in [0.4, 0.5) is 0 Å². The molecule has 1 atom stereocenters. The lowest BCUT2D eigenvalue weighted by Gasteiger charge is -2.41. The fourth-order valence-electron chi connectivity index (χ4n) is 2.82. The van der Waals surface area contributed by atoms with E-state index in [9.17, 15) is 13.2 Å². The van der Waals surface area contributed by atoms with Crippen LogP contribution in [0.15, 0.2) is 0 Å². The van der Waals surface area contributed by atoms with Crippen LogP contribution < -0.4 is 0 Å². The zero-order valence-electron chi connectivity index (χ0n) is 11.9. The number of sulfone groups is 1. The summed E-state index contributed by atoms with van der Waals surface area (Å²) in [6, 6.07) is 0. The van der Waals surface area contributed by atoms with Gasteiger partial charge >= 0.3 is 0 Å². The Morgan fingerprint density at radius 3 is 2.70 bits per heavy atom. The lowest BCUT2D eigenvalue weighted by molar-refractivity contribution is -0.123. The number of rotatable bonds is 5. The van der Waals surface area contributed by atoms with E-state index in [-0.39, 0.29) is 5.75 Å². The summed E-state index contributed by atoms with van der Waals surface area (Å²) in [4.78, 5) is 13.6. The Kier molecular flexibility index (Phi) is 5.50. The Labute approximate surface area is 125 Å². The topological polar surface area (TPSA) is 63.7 Å². The number of carbonyl (C=O) groups excluding carboxylic acids is 1. The normalized spacial score (nSPS) is 28.1. The van der Waals surface area contributed by atoms with Crippen LogP contribution in [0, 0.1) is 5.41 Å². The minimum absolute atomic E-state index is 0.159. The first kappa shape index (κ1) is 16.3. The SMILES string of the molecule is CCS(=O)(=O)C1CSCCN1CC1(C=O)CCOCC1. The molecule has 2 aliphatic rings. The Balaban J connectivity index is 2.14. The zero-order valence-corrected chi connectivity index (χ0v) is 13.5. The first-order valence-corrected chi connectivity index (χ1v) is 9.97. The molecule has 0 aromatic carbocycles. The molecule has 0 spiro atoms. The Morgan fingerprint density at radius 1 is 1.40 bits per heavy atom. The van der Waals surface area contributed by atoms with Crippen LogP contribution in [-0.2, 0) is 19.4 Å². The molecule has 5 nitrogen and oxygen atoms in total. The summed E-state index contributed by atoms with van der Waals surface area (Å²) in [6.07, 6.45) is 2.41. The van der Waals surface area contributed by atoms with Crippen molar-refractivity contribution in [3.8, 4) is 0 Å². The van der Waals surface area contributed by atoms with Gasteiger partial charge in [-0.2, -0.15) is 11.8 Å². The fourth-order valence-corrected chi connectivity index (χ4v) is 5.89. The maximum Gasteiger partial charge on any atom is 0.166 e. The van der Waals surface area contributed by atoms with Crippen molar-refractivity contribution in [3.63, 3.8) is 0 Å². The first-order chi connectivity index (χ1) is 9.53. The van der Waals surface area contributed by atoms with Crippen molar-refractivity contribution in [3.05, 3.63) is 0 Å². The van der Waals surface area contributed by atoms with Gasteiger partial charge in [-0.3, -0.25) is 4.90 Å². The largest absolute Gasteiger partial charge is 0.381 e. The maximum absolute atomic E-state index is 12.2. The summed E-state index contributed by atoms with van der Waals surface area (Å²) in [5.74, 6) is 1.70. The molecule has 116 valence electrons. The van der Waals surface area contributed by atoms with Gasteiger partial charge in [0.15, 0.2) is 9.84 Å². The van der Waals surface area contributed by atoms with Gasteiger partial charge in [0.2, 0.25) is 0 Å². The van der Waals surface area contributed by atoms with Crippen LogP contribution in [0.3, 0.4) is 0 Å². The first-order valence-electron chi connectivity index (χ1n) is 7.10. The van der Waals surface area contributed by atoms with Gasteiger partial charge in [-0.05, 0) is 12.8 Å². The highest BCUT2D eigenvalue weighted by atomic mass is 32.2. The third-order valence-electron chi connectivity index (χ3n) is 4.26. The standard InChI is InChI=1S/C13H23NO4S2/c1-2-20(16,17)12-9-19-8-5-14(12)10-13(11-15)3-6-18-7-4-13/h11-12H,2-10H2,1H3. The molecule has 0 bridgehead atoms. The molecule has 0 aromatic heterocycles. The van der Waals surface area contributed by atoms with Crippen molar-refractivity contribution in [1.82, 2.24) is 4.90 Å². The second-order valence-corrected chi connectivity index (χ2v) is 9.14. The van der Waals surface area contributed by atoms with Crippen molar-refractivity contribution in [2.24, 2.45) is 5.41 Å². The molecule has 0 saturated carbocycles. The average molecular weight is 321 g/mol. The maximum atomic E-state index is 12.2. The van der Waals surface area contributed by atoms with Crippen LogP contribution in [0.5, 0.6) is 0 Å². The summed E-state index contributed by atoms with van der Waals surface area (Å²) in [7, 11) is -3.10. The highest BCUT2D eigenvalue weighted by molar-refractivity contribution is 8.01. The predicted octanol–water partition coefficient (Wildman–Crippen LogP) is 0.792.